The standard InChI is InChI=1S/C12H16N2OS2/c1-9-8-10(12(13)16)2-3-11(9)14-4-6-17(15)7-5-14/h2-3,8H,4-7H2,1H3,(H2,13,16). The van der Waals surface area contributed by atoms with Gasteiger partial charge in [-0.2, -0.15) is 0 Å². The van der Waals surface area contributed by atoms with Gasteiger partial charge >= 0.3 is 0 Å². The quantitative estimate of drug-likeness (QED) is 0.819. The van der Waals surface area contributed by atoms with Crippen LogP contribution in [0.1, 0.15) is 11.1 Å². The van der Waals surface area contributed by atoms with Crippen molar-refractivity contribution in [3.8, 4) is 0 Å². The highest BCUT2D eigenvalue weighted by atomic mass is 32.2. The molecule has 0 atom stereocenters. The summed E-state index contributed by atoms with van der Waals surface area (Å²) in [6.07, 6.45) is 0. The van der Waals surface area contributed by atoms with Crippen molar-refractivity contribution in [3.05, 3.63) is 29.3 Å². The third-order valence-electron chi connectivity index (χ3n) is 3.00. The van der Waals surface area contributed by atoms with Crippen LogP contribution in [-0.4, -0.2) is 33.8 Å². The van der Waals surface area contributed by atoms with E-state index >= 15 is 0 Å². The Kier molecular flexibility index (Phi) is 3.79. The number of nitrogens with zero attached hydrogens (tertiary/aromatic N) is 1. The van der Waals surface area contributed by atoms with Crippen LogP contribution in [0.2, 0.25) is 0 Å². The molecule has 1 aromatic rings. The maximum absolute atomic E-state index is 11.3. The molecule has 1 saturated heterocycles. The Morgan fingerprint density at radius 2 is 2.06 bits per heavy atom. The fourth-order valence-corrected chi connectivity index (χ4v) is 3.22. The van der Waals surface area contributed by atoms with Gasteiger partial charge in [0.2, 0.25) is 0 Å². The molecule has 1 heterocycles. The molecule has 0 amide bonds. The van der Waals surface area contributed by atoms with E-state index in [1.54, 1.807) is 0 Å². The van der Waals surface area contributed by atoms with E-state index in [1.165, 1.54) is 11.3 Å². The monoisotopic (exact) mass is 268 g/mol. The molecule has 0 radical (unpaired) electrons. The van der Waals surface area contributed by atoms with Crippen LogP contribution in [0.5, 0.6) is 0 Å². The van der Waals surface area contributed by atoms with Gasteiger partial charge in [0.25, 0.3) is 0 Å². The first-order valence-corrected chi connectivity index (χ1v) is 7.48. The second kappa shape index (κ2) is 5.14. The Morgan fingerprint density at radius 1 is 1.41 bits per heavy atom. The molecular formula is C12H16N2OS2. The predicted molar refractivity (Wildman–Crippen MR) is 77.2 cm³/mol. The van der Waals surface area contributed by atoms with Crippen molar-refractivity contribution in [1.29, 1.82) is 0 Å². The number of rotatable bonds is 2. The Hall–Kier alpha value is -0.940. The molecule has 3 nitrogen and oxygen atoms in total. The summed E-state index contributed by atoms with van der Waals surface area (Å²) in [6.45, 7) is 3.78. The molecule has 2 rings (SSSR count). The lowest BCUT2D eigenvalue weighted by Gasteiger charge is -2.30. The van der Waals surface area contributed by atoms with Crippen molar-refractivity contribution in [1.82, 2.24) is 0 Å². The molecule has 1 aromatic carbocycles. The van der Waals surface area contributed by atoms with Crippen LogP contribution in [0, 0.1) is 6.92 Å². The van der Waals surface area contributed by atoms with Crippen LogP contribution in [0.4, 0.5) is 5.69 Å². The first kappa shape index (κ1) is 12.5. The van der Waals surface area contributed by atoms with E-state index < -0.39 is 10.8 Å². The minimum Gasteiger partial charge on any atom is -0.389 e. The van der Waals surface area contributed by atoms with Crippen molar-refractivity contribution in [2.24, 2.45) is 5.73 Å². The Bertz CT molecular complexity index is 464. The summed E-state index contributed by atoms with van der Waals surface area (Å²) < 4.78 is 11.3. The van der Waals surface area contributed by atoms with Gasteiger partial charge in [-0.3, -0.25) is 4.21 Å². The van der Waals surface area contributed by atoms with Crippen molar-refractivity contribution >= 4 is 33.7 Å². The van der Waals surface area contributed by atoms with E-state index in [0.29, 0.717) is 4.99 Å². The summed E-state index contributed by atoms with van der Waals surface area (Å²) >= 11 is 4.96. The number of aryl methyl sites for hydroxylation is 1. The minimum absolute atomic E-state index is 0.430. The smallest absolute Gasteiger partial charge is 0.103 e. The van der Waals surface area contributed by atoms with E-state index in [1.807, 2.05) is 12.1 Å². The Labute approximate surface area is 109 Å². The molecule has 0 unspecified atom stereocenters. The summed E-state index contributed by atoms with van der Waals surface area (Å²) in [5.41, 5.74) is 8.88. The highest BCUT2D eigenvalue weighted by Crippen LogP contribution is 2.22. The van der Waals surface area contributed by atoms with Crippen LogP contribution in [0.15, 0.2) is 18.2 Å². The first-order valence-electron chi connectivity index (χ1n) is 5.58. The molecule has 17 heavy (non-hydrogen) atoms. The molecule has 2 N–H and O–H groups in total. The first-order chi connectivity index (χ1) is 8.08. The van der Waals surface area contributed by atoms with Crippen molar-refractivity contribution in [2.75, 3.05) is 29.5 Å². The third-order valence-corrected chi connectivity index (χ3v) is 4.51. The van der Waals surface area contributed by atoms with Gasteiger partial charge in [-0.25, -0.2) is 0 Å². The van der Waals surface area contributed by atoms with Gasteiger partial charge in [-0.05, 0) is 30.7 Å². The highest BCUT2D eigenvalue weighted by Gasteiger charge is 2.17. The average Bonchev–Trinajstić information content (AvgIpc) is 2.30. The van der Waals surface area contributed by atoms with Gasteiger partial charge in [0.15, 0.2) is 0 Å². The summed E-state index contributed by atoms with van der Waals surface area (Å²) in [5.74, 6) is 1.52. The second-order valence-electron chi connectivity index (χ2n) is 4.20. The number of hydrogen-bond acceptors (Lipinski definition) is 3. The SMILES string of the molecule is Cc1cc(C(N)=S)ccc1N1CCS(=O)CC1. The van der Waals surface area contributed by atoms with E-state index in [4.69, 9.17) is 18.0 Å². The van der Waals surface area contributed by atoms with Crippen LogP contribution < -0.4 is 10.6 Å². The molecule has 1 fully saturated rings. The zero-order valence-electron chi connectivity index (χ0n) is 9.81. The van der Waals surface area contributed by atoms with Crippen molar-refractivity contribution in [2.45, 2.75) is 6.92 Å². The van der Waals surface area contributed by atoms with E-state index in [2.05, 4.69) is 17.9 Å². The lowest BCUT2D eigenvalue weighted by atomic mass is 10.1. The van der Waals surface area contributed by atoms with Crippen molar-refractivity contribution < 1.29 is 4.21 Å². The molecule has 1 aliphatic rings. The summed E-state index contributed by atoms with van der Waals surface area (Å²) in [6, 6.07) is 6.03. The highest BCUT2D eigenvalue weighted by molar-refractivity contribution is 7.85. The molecule has 92 valence electrons. The lowest BCUT2D eigenvalue weighted by molar-refractivity contribution is 0.673. The normalized spacial score (nSPS) is 17.1. The second-order valence-corrected chi connectivity index (χ2v) is 6.34. The molecule has 0 bridgehead atoms. The van der Waals surface area contributed by atoms with Crippen LogP contribution in [0.3, 0.4) is 0 Å². The largest absolute Gasteiger partial charge is 0.389 e. The molecule has 0 spiro atoms. The van der Waals surface area contributed by atoms with E-state index in [0.717, 1.165) is 30.2 Å². The number of hydrogen-bond donors (Lipinski definition) is 1. The number of nitrogens with two attached hydrogens (primary N) is 1. The fraction of sp³-hybridized carbons (Fsp3) is 0.417. The number of thiocarbonyl (C=S) groups is 1. The summed E-state index contributed by atoms with van der Waals surface area (Å²) in [5, 5.41) is 0. The van der Waals surface area contributed by atoms with Crippen LogP contribution in [0.25, 0.3) is 0 Å². The molecule has 0 aromatic heterocycles. The van der Waals surface area contributed by atoms with Gasteiger partial charge < -0.3 is 10.6 Å². The molecule has 5 heteroatoms. The molecule has 0 aliphatic carbocycles. The third kappa shape index (κ3) is 2.84. The molecule has 1 aliphatic heterocycles. The zero-order chi connectivity index (χ0) is 12.4. The van der Waals surface area contributed by atoms with Crippen LogP contribution in [-0.2, 0) is 10.8 Å². The van der Waals surface area contributed by atoms with Gasteiger partial charge in [-0.15, -0.1) is 0 Å². The average molecular weight is 268 g/mol. The van der Waals surface area contributed by atoms with Gasteiger partial charge in [0.05, 0.1) is 0 Å². The fourth-order valence-electron chi connectivity index (χ4n) is 2.04. The topological polar surface area (TPSA) is 46.3 Å². The summed E-state index contributed by atoms with van der Waals surface area (Å²) in [7, 11) is -0.635. The number of benzene rings is 1. The van der Waals surface area contributed by atoms with Crippen molar-refractivity contribution in [3.63, 3.8) is 0 Å². The van der Waals surface area contributed by atoms with Crippen LogP contribution >= 0.6 is 12.2 Å². The minimum atomic E-state index is -0.635. The maximum Gasteiger partial charge on any atom is 0.103 e. The maximum atomic E-state index is 11.3. The molecular weight excluding hydrogens is 252 g/mol. The molecule has 0 saturated carbocycles. The predicted octanol–water partition coefficient (Wildman–Crippen LogP) is 1.20. The Morgan fingerprint density at radius 3 is 2.59 bits per heavy atom. The zero-order valence-corrected chi connectivity index (χ0v) is 11.4. The van der Waals surface area contributed by atoms with Gasteiger partial charge in [0, 0.05) is 46.6 Å². The van der Waals surface area contributed by atoms with E-state index in [9.17, 15) is 4.21 Å². The van der Waals surface area contributed by atoms with E-state index in [-0.39, 0.29) is 0 Å². The van der Waals surface area contributed by atoms with Gasteiger partial charge in [0.1, 0.15) is 4.99 Å². The lowest BCUT2D eigenvalue weighted by Crippen LogP contribution is -2.38. The Balaban J connectivity index is 2.21. The summed E-state index contributed by atoms with van der Waals surface area (Å²) in [4.78, 5) is 2.71. The van der Waals surface area contributed by atoms with Gasteiger partial charge in [-0.1, -0.05) is 12.2 Å². The number of anilines is 1.